The van der Waals surface area contributed by atoms with Gasteiger partial charge in [-0.25, -0.2) is 14.3 Å². The molecule has 0 saturated carbocycles. The van der Waals surface area contributed by atoms with Crippen LogP contribution in [0.25, 0.3) is 39.3 Å². The Bertz CT molecular complexity index is 2000. The number of nitrogens with zero attached hydrogens (tertiary/aromatic N) is 3. The van der Waals surface area contributed by atoms with Crippen LogP contribution in [0.5, 0.6) is 5.75 Å². The predicted octanol–water partition coefficient (Wildman–Crippen LogP) is 8.83. The van der Waals surface area contributed by atoms with Crippen LogP contribution in [0, 0.1) is 6.92 Å². The fourth-order valence-corrected chi connectivity index (χ4v) is 6.89. The standard InChI is InChI=1S/C40H41N3O4/c1-25-36(38(39(44)45-5)47-40(2,3)4)37-30-18-19-34-32(23-30)27(20-21-46-34)13-8-6-7-12-26-14-9-10-17-31(26)28-15-11-16-29(22-28)33-24-35(41-25)43(37)42-33/h6,8-11,14-19,22-24,27,38H,7,12-13,20-21H2,1-5H3/b8-6-/t27?,38-/m0/s1. The first-order valence-electron chi connectivity index (χ1n) is 16.5. The highest BCUT2D eigenvalue weighted by Gasteiger charge is 2.34. The molecule has 0 amide bonds. The number of carbonyl (C=O) groups is 1. The second kappa shape index (κ2) is 12.5. The highest BCUT2D eigenvalue weighted by Crippen LogP contribution is 2.42. The molecule has 0 fully saturated rings. The molecule has 5 aromatic rings. The van der Waals surface area contributed by atoms with Crippen molar-refractivity contribution in [2.45, 2.75) is 71.0 Å². The Morgan fingerprint density at radius 2 is 1.81 bits per heavy atom. The van der Waals surface area contributed by atoms with Gasteiger partial charge in [0, 0.05) is 28.5 Å². The Morgan fingerprint density at radius 3 is 2.64 bits per heavy atom. The molecule has 47 heavy (non-hydrogen) atoms. The van der Waals surface area contributed by atoms with Crippen LogP contribution in [0.3, 0.4) is 0 Å². The number of hydrogen-bond donors (Lipinski definition) is 0. The van der Waals surface area contributed by atoms with E-state index in [1.807, 2.05) is 44.3 Å². The van der Waals surface area contributed by atoms with Crippen molar-refractivity contribution in [3.05, 3.63) is 107 Å². The van der Waals surface area contributed by atoms with Gasteiger partial charge in [0.15, 0.2) is 11.8 Å². The summed E-state index contributed by atoms with van der Waals surface area (Å²) in [6.45, 7) is 8.42. The van der Waals surface area contributed by atoms with E-state index in [9.17, 15) is 4.79 Å². The number of allylic oxidation sites excluding steroid dienone is 2. The Morgan fingerprint density at radius 1 is 0.979 bits per heavy atom. The number of esters is 1. The van der Waals surface area contributed by atoms with Gasteiger partial charge in [-0.2, -0.15) is 5.10 Å². The van der Waals surface area contributed by atoms with Gasteiger partial charge >= 0.3 is 5.97 Å². The number of benzene rings is 3. The van der Waals surface area contributed by atoms with Crippen molar-refractivity contribution >= 4 is 11.6 Å². The summed E-state index contributed by atoms with van der Waals surface area (Å²) in [6, 6.07) is 25.5. The van der Waals surface area contributed by atoms with Crippen molar-refractivity contribution in [2.24, 2.45) is 0 Å². The maximum atomic E-state index is 13.5. The molecule has 7 heteroatoms. The van der Waals surface area contributed by atoms with E-state index in [4.69, 9.17) is 24.3 Å². The third-order valence-electron chi connectivity index (χ3n) is 9.08. The predicted molar refractivity (Wildman–Crippen MR) is 185 cm³/mol. The Hall–Kier alpha value is -4.75. The summed E-state index contributed by atoms with van der Waals surface area (Å²) < 4.78 is 19.8. The van der Waals surface area contributed by atoms with Crippen molar-refractivity contribution in [2.75, 3.05) is 13.7 Å². The maximum absolute atomic E-state index is 13.5. The number of aromatic nitrogens is 3. The first kappa shape index (κ1) is 30.9. The van der Waals surface area contributed by atoms with E-state index in [1.165, 1.54) is 18.2 Å². The summed E-state index contributed by atoms with van der Waals surface area (Å²) in [6.07, 6.45) is 7.42. The average Bonchev–Trinajstić information content (AvgIpc) is 3.49. The van der Waals surface area contributed by atoms with Crippen LogP contribution in [-0.2, 0) is 20.7 Å². The van der Waals surface area contributed by atoms with E-state index in [1.54, 1.807) is 0 Å². The summed E-state index contributed by atoms with van der Waals surface area (Å²) in [5.74, 6) is 0.722. The van der Waals surface area contributed by atoms with Gasteiger partial charge in [-0.05, 0) is 106 Å². The zero-order valence-corrected chi connectivity index (χ0v) is 27.7. The van der Waals surface area contributed by atoms with Crippen molar-refractivity contribution < 1.29 is 19.0 Å². The van der Waals surface area contributed by atoms with Crippen LogP contribution in [0.4, 0.5) is 0 Å². The normalized spacial score (nSPS) is 17.3. The van der Waals surface area contributed by atoms with Crippen molar-refractivity contribution in [3.63, 3.8) is 0 Å². The molecular formula is C40H41N3O4. The number of fused-ring (bicyclic) bond motifs is 8. The first-order chi connectivity index (χ1) is 22.7. The number of rotatable bonds is 3. The monoisotopic (exact) mass is 627 g/mol. The number of carbonyl (C=O) groups excluding carboxylic acids is 1. The van der Waals surface area contributed by atoms with E-state index < -0.39 is 17.7 Å². The van der Waals surface area contributed by atoms with Crippen LogP contribution in [0.2, 0.25) is 0 Å². The summed E-state index contributed by atoms with van der Waals surface area (Å²) in [4.78, 5) is 18.5. The molecule has 3 aromatic carbocycles. The van der Waals surface area contributed by atoms with Crippen LogP contribution in [0.15, 0.2) is 84.9 Å². The SMILES string of the molecule is COC(=O)[C@@H](OC(C)(C)C)c1c(C)nc2cc3nn2c1-c1ccc2c(c1)C(C/C=C\CCc1ccccc1-c1cccc-3c1)CCO2. The Balaban J connectivity index is 1.52. The zero-order valence-electron chi connectivity index (χ0n) is 27.7. The lowest BCUT2D eigenvalue weighted by Gasteiger charge is -2.29. The van der Waals surface area contributed by atoms with Gasteiger partial charge in [-0.3, -0.25) is 0 Å². The summed E-state index contributed by atoms with van der Waals surface area (Å²) in [5, 5.41) is 5.19. The molecule has 0 saturated heterocycles. The maximum Gasteiger partial charge on any atom is 0.339 e. The number of aryl methyl sites for hydroxylation is 2. The number of methoxy groups -OCH3 is 1. The van der Waals surface area contributed by atoms with E-state index in [0.29, 0.717) is 29.4 Å². The topological polar surface area (TPSA) is 75.0 Å². The fourth-order valence-electron chi connectivity index (χ4n) is 6.89. The first-order valence-corrected chi connectivity index (χ1v) is 16.5. The summed E-state index contributed by atoms with van der Waals surface area (Å²) in [5.41, 5.74) is 9.69. The highest BCUT2D eigenvalue weighted by atomic mass is 16.6. The van der Waals surface area contributed by atoms with Crippen molar-refractivity contribution in [3.8, 4) is 39.4 Å². The van der Waals surface area contributed by atoms with Crippen LogP contribution in [0.1, 0.15) is 74.4 Å². The van der Waals surface area contributed by atoms with Gasteiger partial charge in [0.05, 0.1) is 30.7 Å². The molecule has 0 spiro atoms. The smallest absolute Gasteiger partial charge is 0.339 e. The van der Waals surface area contributed by atoms with Gasteiger partial charge < -0.3 is 14.2 Å². The summed E-state index contributed by atoms with van der Waals surface area (Å²) >= 11 is 0. The third-order valence-corrected chi connectivity index (χ3v) is 9.08. The lowest BCUT2D eigenvalue weighted by molar-refractivity contribution is -0.164. The average molecular weight is 628 g/mol. The molecule has 1 unspecified atom stereocenters. The van der Waals surface area contributed by atoms with Crippen molar-refractivity contribution in [1.82, 2.24) is 14.6 Å². The molecule has 2 atom stereocenters. The zero-order chi connectivity index (χ0) is 32.7. The lowest BCUT2D eigenvalue weighted by Crippen LogP contribution is -2.30. The molecule has 0 N–H and O–H groups in total. The second-order valence-corrected chi connectivity index (χ2v) is 13.5. The summed E-state index contributed by atoms with van der Waals surface area (Å²) in [7, 11) is 1.39. The second-order valence-electron chi connectivity index (χ2n) is 13.5. The minimum Gasteiger partial charge on any atom is -0.493 e. The van der Waals surface area contributed by atoms with E-state index in [0.717, 1.165) is 65.1 Å². The number of hydrogen-bond acceptors (Lipinski definition) is 6. The molecule has 2 aliphatic rings. The van der Waals surface area contributed by atoms with Crippen LogP contribution in [-0.4, -0.2) is 39.9 Å². The van der Waals surface area contributed by atoms with E-state index in [-0.39, 0.29) is 0 Å². The Labute approximate surface area is 276 Å². The van der Waals surface area contributed by atoms with Gasteiger partial charge in [0.2, 0.25) is 0 Å². The van der Waals surface area contributed by atoms with Gasteiger partial charge in [-0.1, -0.05) is 54.6 Å². The molecule has 6 bridgehead atoms. The fraction of sp³-hybridized carbons (Fsp3) is 0.325. The number of ether oxygens (including phenoxy) is 3. The molecule has 4 heterocycles. The molecule has 240 valence electrons. The highest BCUT2D eigenvalue weighted by molar-refractivity contribution is 5.83. The van der Waals surface area contributed by atoms with Gasteiger partial charge in [0.25, 0.3) is 0 Å². The molecule has 0 radical (unpaired) electrons. The minimum atomic E-state index is -1.01. The third kappa shape index (κ3) is 6.08. The van der Waals surface area contributed by atoms with Crippen LogP contribution >= 0.6 is 0 Å². The molecule has 2 aromatic heterocycles. The quantitative estimate of drug-likeness (QED) is 0.147. The minimum absolute atomic E-state index is 0.304. The van der Waals surface area contributed by atoms with Crippen molar-refractivity contribution in [1.29, 1.82) is 0 Å². The molecule has 7 nitrogen and oxygen atoms in total. The molecule has 7 rings (SSSR count). The lowest BCUT2D eigenvalue weighted by atomic mass is 9.87. The van der Waals surface area contributed by atoms with E-state index >= 15 is 0 Å². The van der Waals surface area contributed by atoms with E-state index in [2.05, 4.69) is 72.8 Å². The Kier molecular flexibility index (Phi) is 8.18. The van der Waals surface area contributed by atoms with Gasteiger partial charge in [-0.15, -0.1) is 0 Å². The molecule has 2 aliphatic heterocycles. The molecular weight excluding hydrogens is 586 g/mol. The van der Waals surface area contributed by atoms with Gasteiger partial charge in [0.1, 0.15) is 5.75 Å². The molecule has 0 aliphatic carbocycles. The largest absolute Gasteiger partial charge is 0.493 e. The van der Waals surface area contributed by atoms with Crippen LogP contribution < -0.4 is 4.74 Å².